The third-order valence-electron chi connectivity index (χ3n) is 1.65. The van der Waals surface area contributed by atoms with Gasteiger partial charge in [0, 0.05) is 19.8 Å². The molecule has 0 saturated heterocycles. The van der Waals surface area contributed by atoms with Gasteiger partial charge in [0.05, 0.1) is 0 Å². The van der Waals surface area contributed by atoms with E-state index in [-0.39, 0.29) is 0 Å². The molecule has 76 valence electrons. The number of nitrogens with zero attached hydrogens (tertiary/aromatic N) is 1. The molecule has 0 unspecified atom stereocenters. The van der Waals surface area contributed by atoms with E-state index in [0.717, 1.165) is 10.9 Å². The topological polar surface area (TPSA) is 15.3 Å². The third kappa shape index (κ3) is 3.98. The molecule has 0 heterocycles. The second-order valence-electron chi connectivity index (χ2n) is 3.08. The van der Waals surface area contributed by atoms with Gasteiger partial charge >= 0.3 is 0 Å². The van der Waals surface area contributed by atoms with Gasteiger partial charge in [-0.05, 0) is 29.7 Å². The van der Waals surface area contributed by atoms with Crippen molar-refractivity contribution in [3.63, 3.8) is 0 Å². The monoisotopic (exact) mass is 226 g/mol. The van der Waals surface area contributed by atoms with Crippen molar-refractivity contribution in [3.8, 4) is 0 Å². The first-order valence-electron chi connectivity index (χ1n) is 4.33. The van der Waals surface area contributed by atoms with E-state index in [4.69, 9.17) is 12.2 Å². The molecule has 0 fully saturated rings. The van der Waals surface area contributed by atoms with Gasteiger partial charge in [-0.2, -0.15) is 0 Å². The van der Waals surface area contributed by atoms with Crippen molar-refractivity contribution in [1.82, 2.24) is 9.62 Å². The summed E-state index contributed by atoms with van der Waals surface area (Å²) in [7, 11) is 3.86. The molecule has 1 aromatic carbocycles. The summed E-state index contributed by atoms with van der Waals surface area (Å²) in [6.07, 6.45) is 0. The van der Waals surface area contributed by atoms with E-state index in [1.165, 1.54) is 5.56 Å². The summed E-state index contributed by atoms with van der Waals surface area (Å²) in [5, 5.41) is 0.755. The van der Waals surface area contributed by atoms with Gasteiger partial charge in [-0.1, -0.05) is 30.3 Å². The lowest BCUT2D eigenvalue weighted by Crippen LogP contribution is -2.29. The number of nitrogens with one attached hydrogen (secondary N) is 1. The van der Waals surface area contributed by atoms with Crippen LogP contribution in [-0.2, 0) is 5.75 Å². The van der Waals surface area contributed by atoms with E-state index in [9.17, 15) is 0 Å². The van der Waals surface area contributed by atoms with E-state index in [1.54, 1.807) is 11.9 Å². The minimum atomic E-state index is 0.755. The van der Waals surface area contributed by atoms with Crippen LogP contribution >= 0.6 is 24.2 Å². The molecule has 0 bridgehead atoms. The van der Waals surface area contributed by atoms with Crippen molar-refractivity contribution in [3.05, 3.63) is 35.9 Å². The Hall–Kier alpha value is -0.740. The number of thiocarbonyl (C=S) groups is 1. The predicted octanol–water partition coefficient (Wildman–Crippen LogP) is 2.27. The summed E-state index contributed by atoms with van der Waals surface area (Å²) in [5.41, 5.74) is 1.30. The molecule has 0 amide bonds. The van der Waals surface area contributed by atoms with Crippen LogP contribution in [0, 0.1) is 0 Å². The molecule has 0 spiro atoms. The molecule has 2 nitrogen and oxygen atoms in total. The van der Waals surface area contributed by atoms with Gasteiger partial charge in [0.25, 0.3) is 0 Å². The molecule has 0 saturated carbocycles. The molecule has 14 heavy (non-hydrogen) atoms. The fraction of sp³-hybridized carbons (Fsp3) is 0.300. The Morgan fingerprint density at radius 3 is 2.57 bits per heavy atom. The number of hydrogen-bond acceptors (Lipinski definition) is 2. The molecular weight excluding hydrogens is 212 g/mol. The van der Waals surface area contributed by atoms with E-state index in [0.29, 0.717) is 0 Å². The molecule has 1 aromatic rings. The van der Waals surface area contributed by atoms with Gasteiger partial charge in [-0.15, -0.1) is 0 Å². The van der Waals surface area contributed by atoms with Gasteiger partial charge in [-0.25, -0.2) is 0 Å². The van der Waals surface area contributed by atoms with Crippen LogP contribution < -0.4 is 4.72 Å². The van der Waals surface area contributed by atoms with Crippen LogP contribution in [0.1, 0.15) is 5.56 Å². The van der Waals surface area contributed by atoms with Gasteiger partial charge in [-0.3, -0.25) is 0 Å². The number of rotatable bonds is 3. The number of benzene rings is 1. The van der Waals surface area contributed by atoms with E-state index in [2.05, 4.69) is 16.9 Å². The minimum Gasteiger partial charge on any atom is -0.355 e. The normalized spacial score (nSPS) is 9.57. The van der Waals surface area contributed by atoms with Crippen molar-refractivity contribution in [2.75, 3.05) is 14.1 Å². The maximum atomic E-state index is 5.09. The zero-order chi connectivity index (χ0) is 10.4. The zero-order valence-corrected chi connectivity index (χ0v) is 9.99. The highest BCUT2D eigenvalue weighted by Crippen LogP contribution is 2.08. The summed E-state index contributed by atoms with van der Waals surface area (Å²) in [6.45, 7) is 0. The Morgan fingerprint density at radius 1 is 1.36 bits per heavy atom. The Bertz CT molecular complexity index is 285. The molecule has 1 N–H and O–H groups in total. The summed E-state index contributed by atoms with van der Waals surface area (Å²) in [5.74, 6) is 0.925. The average molecular weight is 226 g/mol. The highest BCUT2D eigenvalue weighted by atomic mass is 32.2. The largest absolute Gasteiger partial charge is 0.355 e. The molecule has 4 heteroatoms. The molecule has 0 atom stereocenters. The zero-order valence-electron chi connectivity index (χ0n) is 8.36. The first-order chi connectivity index (χ1) is 6.70. The Balaban J connectivity index is 2.26. The van der Waals surface area contributed by atoms with Crippen molar-refractivity contribution < 1.29 is 0 Å². The van der Waals surface area contributed by atoms with Crippen LogP contribution in [-0.4, -0.2) is 24.1 Å². The van der Waals surface area contributed by atoms with Gasteiger partial charge in [0.1, 0.15) is 0 Å². The molecule has 0 aliphatic rings. The van der Waals surface area contributed by atoms with Gasteiger partial charge < -0.3 is 9.62 Å². The van der Waals surface area contributed by atoms with Gasteiger partial charge in [0.15, 0.2) is 5.11 Å². The minimum absolute atomic E-state index is 0.755. The lowest BCUT2D eigenvalue weighted by Gasteiger charge is -2.14. The fourth-order valence-corrected chi connectivity index (χ4v) is 1.76. The fourth-order valence-electron chi connectivity index (χ4n) is 0.847. The van der Waals surface area contributed by atoms with Crippen molar-refractivity contribution in [2.45, 2.75) is 5.75 Å². The SMILES string of the molecule is CN(C)C(=S)NSCc1ccccc1. The molecule has 0 aliphatic heterocycles. The Morgan fingerprint density at radius 2 is 2.00 bits per heavy atom. The molecule has 0 radical (unpaired) electrons. The van der Waals surface area contributed by atoms with Crippen LogP contribution in [0.5, 0.6) is 0 Å². The summed E-state index contributed by atoms with van der Waals surface area (Å²) < 4.78 is 3.10. The lowest BCUT2D eigenvalue weighted by atomic mass is 10.2. The van der Waals surface area contributed by atoms with Crippen molar-refractivity contribution >= 4 is 29.3 Å². The standard InChI is InChI=1S/C10H14N2S2/c1-12(2)10(13)11-14-8-9-6-4-3-5-7-9/h3-7H,8H2,1-2H3,(H,11,13). The Kier molecular flexibility index (Phi) is 4.76. The summed E-state index contributed by atoms with van der Waals surface area (Å²) >= 11 is 6.70. The highest BCUT2D eigenvalue weighted by Gasteiger charge is 1.97. The van der Waals surface area contributed by atoms with Crippen LogP contribution in [0.25, 0.3) is 0 Å². The summed E-state index contributed by atoms with van der Waals surface area (Å²) in [6, 6.07) is 10.3. The molecule has 1 rings (SSSR count). The molecular formula is C10H14N2S2. The highest BCUT2D eigenvalue weighted by molar-refractivity contribution is 7.98. The van der Waals surface area contributed by atoms with Crippen LogP contribution in [0.15, 0.2) is 30.3 Å². The number of hydrogen-bond donors (Lipinski definition) is 1. The van der Waals surface area contributed by atoms with Crippen molar-refractivity contribution in [2.24, 2.45) is 0 Å². The van der Waals surface area contributed by atoms with E-state index in [1.807, 2.05) is 37.2 Å². The quantitative estimate of drug-likeness (QED) is 0.628. The van der Waals surface area contributed by atoms with Gasteiger partial charge in [0.2, 0.25) is 0 Å². The average Bonchev–Trinajstić information content (AvgIpc) is 2.19. The van der Waals surface area contributed by atoms with E-state index < -0.39 is 0 Å². The van der Waals surface area contributed by atoms with Crippen LogP contribution in [0.2, 0.25) is 0 Å². The lowest BCUT2D eigenvalue weighted by molar-refractivity contribution is 0.623. The maximum absolute atomic E-state index is 5.09. The van der Waals surface area contributed by atoms with E-state index >= 15 is 0 Å². The third-order valence-corrected chi connectivity index (χ3v) is 3.06. The van der Waals surface area contributed by atoms with Crippen LogP contribution in [0.3, 0.4) is 0 Å². The smallest absolute Gasteiger partial charge is 0.178 e. The first kappa shape index (κ1) is 11.3. The second kappa shape index (κ2) is 5.88. The maximum Gasteiger partial charge on any atom is 0.178 e. The van der Waals surface area contributed by atoms with Crippen LogP contribution in [0.4, 0.5) is 0 Å². The summed E-state index contributed by atoms with van der Waals surface area (Å²) in [4.78, 5) is 1.88. The predicted molar refractivity (Wildman–Crippen MR) is 67.2 cm³/mol. The molecule has 0 aliphatic carbocycles. The molecule has 0 aromatic heterocycles. The Labute approximate surface area is 94.8 Å². The first-order valence-corrected chi connectivity index (χ1v) is 5.72. The van der Waals surface area contributed by atoms with Crippen molar-refractivity contribution in [1.29, 1.82) is 0 Å². The second-order valence-corrected chi connectivity index (χ2v) is 4.24.